The second-order valence-corrected chi connectivity index (χ2v) is 10.3. The average Bonchev–Trinajstić information content (AvgIpc) is 2.92. The molecule has 3 aromatic rings. The van der Waals surface area contributed by atoms with Gasteiger partial charge in [0.05, 0.1) is 17.1 Å². The number of piperidine rings is 1. The van der Waals surface area contributed by atoms with E-state index in [2.05, 4.69) is 0 Å². The summed E-state index contributed by atoms with van der Waals surface area (Å²) >= 11 is 1.37. The highest BCUT2D eigenvalue weighted by Gasteiger charge is 2.32. The first kappa shape index (κ1) is 24.8. The average molecular weight is 516 g/mol. The minimum absolute atomic E-state index is 0.143. The summed E-state index contributed by atoms with van der Waals surface area (Å²) < 4.78 is 13.5. The van der Waals surface area contributed by atoms with Crippen LogP contribution in [0.2, 0.25) is 0 Å². The molecule has 2 N–H and O–H groups in total. The molecular formula is C29H26FN3O3S. The first-order valence-corrected chi connectivity index (χ1v) is 12.9. The highest BCUT2D eigenvalue weighted by Crippen LogP contribution is 2.43. The van der Waals surface area contributed by atoms with Crippen molar-refractivity contribution in [2.75, 3.05) is 18.0 Å². The predicted molar refractivity (Wildman–Crippen MR) is 142 cm³/mol. The number of hydrogen-bond donors (Lipinski definition) is 1. The molecule has 0 unspecified atom stereocenters. The second-order valence-electron chi connectivity index (χ2n) is 9.19. The highest BCUT2D eigenvalue weighted by atomic mass is 32.2. The lowest BCUT2D eigenvalue weighted by Gasteiger charge is -2.33. The number of primary amides is 1. The van der Waals surface area contributed by atoms with E-state index in [0.29, 0.717) is 42.1 Å². The minimum atomic E-state index is -0.345. The van der Waals surface area contributed by atoms with Crippen molar-refractivity contribution >= 4 is 41.2 Å². The molecule has 0 saturated carbocycles. The van der Waals surface area contributed by atoms with Crippen molar-refractivity contribution in [3.63, 3.8) is 0 Å². The van der Waals surface area contributed by atoms with Crippen molar-refractivity contribution < 1.29 is 18.8 Å². The van der Waals surface area contributed by atoms with Gasteiger partial charge in [-0.1, -0.05) is 54.2 Å². The van der Waals surface area contributed by atoms with Gasteiger partial charge in [0.15, 0.2) is 0 Å². The molecule has 2 heterocycles. The molecule has 188 valence electrons. The molecule has 3 aromatic carbocycles. The van der Waals surface area contributed by atoms with Crippen LogP contribution in [-0.2, 0) is 16.1 Å². The van der Waals surface area contributed by atoms with Crippen molar-refractivity contribution in [1.29, 1.82) is 0 Å². The van der Waals surface area contributed by atoms with Gasteiger partial charge in [0.2, 0.25) is 5.91 Å². The number of amides is 3. The Morgan fingerprint density at radius 3 is 2.38 bits per heavy atom. The largest absolute Gasteiger partial charge is 0.369 e. The molecule has 1 fully saturated rings. The fourth-order valence-electron chi connectivity index (χ4n) is 4.62. The number of benzene rings is 3. The van der Waals surface area contributed by atoms with Gasteiger partial charge in [-0.05, 0) is 60.4 Å². The molecule has 0 radical (unpaired) electrons. The molecule has 2 aliphatic rings. The summed E-state index contributed by atoms with van der Waals surface area (Å²) in [5.41, 5.74) is 8.23. The Kier molecular flexibility index (Phi) is 7.10. The van der Waals surface area contributed by atoms with Crippen molar-refractivity contribution in [1.82, 2.24) is 4.90 Å². The Balaban J connectivity index is 1.47. The molecule has 0 bridgehead atoms. The highest BCUT2D eigenvalue weighted by molar-refractivity contribution is 8.04. The number of fused-ring (bicyclic) bond motifs is 1. The van der Waals surface area contributed by atoms with Crippen LogP contribution in [0.5, 0.6) is 0 Å². The van der Waals surface area contributed by atoms with Crippen molar-refractivity contribution in [3.05, 3.63) is 100 Å². The third-order valence-electron chi connectivity index (χ3n) is 6.71. The van der Waals surface area contributed by atoms with E-state index in [1.165, 1.54) is 23.9 Å². The summed E-state index contributed by atoms with van der Waals surface area (Å²) in [6, 6.07) is 21.1. The van der Waals surface area contributed by atoms with Crippen LogP contribution in [-0.4, -0.2) is 35.7 Å². The molecule has 5 rings (SSSR count). The Labute approximate surface area is 218 Å². The minimum Gasteiger partial charge on any atom is -0.369 e. The number of thioether (sulfide) groups is 1. The summed E-state index contributed by atoms with van der Waals surface area (Å²) in [6.45, 7) is 1.15. The first-order chi connectivity index (χ1) is 17.9. The van der Waals surface area contributed by atoms with E-state index in [0.717, 1.165) is 16.0 Å². The standard InChI is InChI=1S/C29H26FN3O3S/c30-23-9-6-20(7-10-23)18-33-24-17-22(28(35)32-14-12-21(13-15-32)27(31)34)8-11-25(24)37-26(29(33)36)16-19-4-2-1-3-5-19/h1-11,16-17,21H,12-15,18H2,(H2,31,34). The zero-order chi connectivity index (χ0) is 25.9. The maximum absolute atomic E-state index is 13.7. The van der Waals surface area contributed by atoms with Crippen LogP contribution in [0.1, 0.15) is 34.3 Å². The number of carbonyl (C=O) groups is 3. The van der Waals surface area contributed by atoms with Gasteiger partial charge in [-0.15, -0.1) is 0 Å². The van der Waals surface area contributed by atoms with Crippen LogP contribution in [0.3, 0.4) is 0 Å². The van der Waals surface area contributed by atoms with E-state index in [-0.39, 0.29) is 36.0 Å². The normalized spacial score (nSPS) is 17.1. The van der Waals surface area contributed by atoms with Crippen LogP contribution < -0.4 is 10.6 Å². The number of rotatable bonds is 5. The third kappa shape index (κ3) is 5.44. The fourth-order valence-corrected chi connectivity index (χ4v) is 5.66. The van der Waals surface area contributed by atoms with Crippen molar-refractivity contribution in [2.45, 2.75) is 24.3 Å². The van der Waals surface area contributed by atoms with Crippen LogP contribution >= 0.6 is 11.8 Å². The van der Waals surface area contributed by atoms with Gasteiger partial charge < -0.3 is 15.5 Å². The van der Waals surface area contributed by atoms with E-state index in [4.69, 9.17) is 5.73 Å². The molecule has 0 aliphatic carbocycles. The topological polar surface area (TPSA) is 83.7 Å². The summed E-state index contributed by atoms with van der Waals surface area (Å²) in [5.74, 6) is -1.20. The smallest absolute Gasteiger partial charge is 0.265 e. The molecule has 0 atom stereocenters. The Morgan fingerprint density at radius 1 is 1.00 bits per heavy atom. The lowest BCUT2D eigenvalue weighted by molar-refractivity contribution is -0.123. The number of halogens is 1. The van der Waals surface area contributed by atoms with Gasteiger partial charge in [-0.25, -0.2) is 4.39 Å². The van der Waals surface area contributed by atoms with Crippen LogP contribution in [0.25, 0.3) is 6.08 Å². The summed E-state index contributed by atoms with van der Waals surface area (Å²) in [6.07, 6.45) is 2.95. The Morgan fingerprint density at radius 2 is 1.70 bits per heavy atom. The molecule has 2 aliphatic heterocycles. The van der Waals surface area contributed by atoms with E-state index >= 15 is 0 Å². The van der Waals surface area contributed by atoms with Crippen molar-refractivity contribution in [3.8, 4) is 0 Å². The van der Waals surface area contributed by atoms with Crippen LogP contribution in [0, 0.1) is 11.7 Å². The number of nitrogens with zero attached hydrogens (tertiary/aromatic N) is 2. The molecule has 3 amide bonds. The van der Waals surface area contributed by atoms with Crippen LogP contribution in [0.4, 0.5) is 10.1 Å². The lowest BCUT2D eigenvalue weighted by atomic mass is 9.96. The Bertz CT molecular complexity index is 1370. The monoisotopic (exact) mass is 515 g/mol. The lowest BCUT2D eigenvalue weighted by Crippen LogP contribution is -2.41. The first-order valence-electron chi connectivity index (χ1n) is 12.1. The summed E-state index contributed by atoms with van der Waals surface area (Å²) in [5, 5.41) is 0. The molecule has 8 heteroatoms. The molecule has 0 spiro atoms. The van der Waals surface area contributed by atoms with E-state index in [1.54, 1.807) is 34.1 Å². The zero-order valence-electron chi connectivity index (χ0n) is 20.1. The summed E-state index contributed by atoms with van der Waals surface area (Å²) in [7, 11) is 0. The number of likely N-dealkylation sites (tertiary alicyclic amines) is 1. The molecule has 37 heavy (non-hydrogen) atoms. The van der Waals surface area contributed by atoms with E-state index < -0.39 is 0 Å². The predicted octanol–water partition coefficient (Wildman–Crippen LogP) is 4.84. The molecule has 0 aromatic heterocycles. The summed E-state index contributed by atoms with van der Waals surface area (Å²) in [4.78, 5) is 43.2. The molecule has 1 saturated heterocycles. The van der Waals surface area contributed by atoms with Gasteiger partial charge in [0.1, 0.15) is 5.82 Å². The maximum atomic E-state index is 13.7. The number of hydrogen-bond acceptors (Lipinski definition) is 4. The maximum Gasteiger partial charge on any atom is 0.265 e. The second kappa shape index (κ2) is 10.6. The zero-order valence-corrected chi connectivity index (χ0v) is 20.9. The quantitative estimate of drug-likeness (QED) is 0.493. The number of carbonyl (C=O) groups excluding carboxylic acids is 3. The van der Waals surface area contributed by atoms with Crippen LogP contribution in [0.15, 0.2) is 82.6 Å². The van der Waals surface area contributed by atoms with E-state index in [9.17, 15) is 18.8 Å². The Hall–Kier alpha value is -3.91. The van der Waals surface area contributed by atoms with Gasteiger partial charge in [0, 0.05) is 29.5 Å². The van der Waals surface area contributed by atoms with Crippen molar-refractivity contribution in [2.24, 2.45) is 11.7 Å². The fraction of sp³-hybridized carbons (Fsp3) is 0.207. The van der Waals surface area contributed by atoms with Gasteiger partial charge in [0.25, 0.3) is 11.8 Å². The third-order valence-corrected chi connectivity index (χ3v) is 7.79. The van der Waals surface area contributed by atoms with E-state index in [1.807, 2.05) is 42.5 Å². The molecular weight excluding hydrogens is 489 g/mol. The van der Waals surface area contributed by atoms with Gasteiger partial charge >= 0.3 is 0 Å². The van der Waals surface area contributed by atoms with Gasteiger partial charge in [-0.3, -0.25) is 14.4 Å². The SMILES string of the molecule is NC(=O)C1CCN(C(=O)c2ccc3c(c2)N(Cc2ccc(F)cc2)C(=O)C(=Cc2ccccc2)S3)CC1. The number of anilines is 1. The number of nitrogens with two attached hydrogens (primary N) is 1. The molecule has 6 nitrogen and oxygen atoms in total. The van der Waals surface area contributed by atoms with Gasteiger partial charge in [-0.2, -0.15) is 0 Å².